The van der Waals surface area contributed by atoms with Gasteiger partial charge in [-0.1, -0.05) is 152 Å². The van der Waals surface area contributed by atoms with Crippen molar-refractivity contribution in [2.45, 2.75) is 0 Å². The first-order chi connectivity index (χ1) is 27.8. The molecule has 4 nitrogen and oxygen atoms in total. The Morgan fingerprint density at radius 1 is 0.286 bits per heavy atom. The van der Waals surface area contributed by atoms with E-state index < -0.39 is 0 Å². The van der Waals surface area contributed by atoms with E-state index in [9.17, 15) is 0 Å². The fraction of sp³-hybridized carbons (Fsp3) is 0. The van der Waals surface area contributed by atoms with E-state index in [1.54, 1.807) is 0 Å². The van der Waals surface area contributed by atoms with Gasteiger partial charge >= 0.3 is 0 Å². The molecule has 262 valence electrons. The van der Waals surface area contributed by atoms with Crippen LogP contribution in [0.4, 0.5) is 0 Å². The first kappa shape index (κ1) is 31.9. The first-order valence-corrected chi connectivity index (χ1v) is 19.0. The van der Waals surface area contributed by atoms with Crippen molar-refractivity contribution in [3.8, 4) is 56.4 Å². The molecule has 0 atom stereocenters. The molecule has 0 radical (unpaired) electrons. The molecule has 0 N–H and O–H groups in total. The minimum Gasteiger partial charge on any atom is -0.309 e. The van der Waals surface area contributed by atoms with E-state index in [0.29, 0.717) is 5.82 Å². The lowest BCUT2D eigenvalue weighted by atomic mass is 10.0. The van der Waals surface area contributed by atoms with Crippen molar-refractivity contribution >= 4 is 43.6 Å². The number of fused-ring (bicyclic) bond motifs is 7. The predicted molar refractivity (Wildman–Crippen MR) is 232 cm³/mol. The normalized spacial score (nSPS) is 11.6. The topological polar surface area (TPSA) is 35.6 Å². The Kier molecular flexibility index (Phi) is 7.46. The van der Waals surface area contributed by atoms with E-state index in [4.69, 9.17) is 9.97 Å². The van der Waals surface area contributed by atoms with Gasteiger partial charge in [0.05, 0.1) is 33.5 Å². The number of benzene rings is 8. The van der Waals surface area contributed by atoms with E-state index in [0.717, 1.165) is 50.6 Å². The first-order valence-electron chi connectivity index (χ1n) is 19.0. The smallest absolute Gasteiger partial charge is 0.160 e. The average molecular weight is 715 g/mol. The Morgan fingerprint density at radius 2 is 0.679 bits per heavy atom. The molecule has 0 aliphatic carbocycles. The van der Waals surface area contributed by atoms with Gasteiger partial charge in [-0.05, 0) is 65.7 Å². The van der Waals surface area contributed by atoms with E-state index in [2.05, 4.69) is 179 Å². The average Bonchev–Trinajstić information content (AvgIpc) is 3.80. The molecule has 11 rings (SSSR count). The summed E-state index contributed by atoms with van der Waals surface area (Å²) in [5, 5.41) is 5.06. The van der Waals surface area contributed by atoms with Crippen LogP contribution in [0.2, 0.25) is 0 Å². The number of rotatable bonds is 6. The Hall–Kier alpha value is -7.56. The molecule has 0 amide bonds. The molecular formula is C52H34N4. The number of para-hydroxylation sites is 3. The molecule has 0 saturated heterocycles. The molecule has 3 aromatic heterocycles. The summed E-state index contributed by atoms with van der Waals surface area (Å²) in [5.74, 6) is 0.708. The summed E-state index contributed by atoms with van der Waals surface area (Å²) in [6.45, 7) is 0. The van der Waals surface area contributed by atoms with E-state index >= 15 is 0 Å². The van der Waals surface area contributed by atoms with Crippen molar-refractivity contribution in [1.82, 2.24) is 19.1 Å². The van der Waals surface area contributed by atoms with Gasteiger partial charge in [0, 0.05) is 49.6 Å². The molecule has 0 aliphatic rings. The van der Waals surface area contributed by atoms with Crippen molar-refractivity contribution in [1.29, 1.82) is 0 Å². The van der Waals surface area contributed by atoms with Crippen LogP contribution in [-0.4, -0.2) is 19.1 Å². The van der Waals surface area contributed by atoms with Crippen molar-refractivity contribution < 1.29 is 0 Å². The SMILES string of the molecule is c1ccc(-c2cc(-c3ccccc3)nc(-c3ccc(-c4ccc(-n5c6ccccc6c6c7c8ccccc8n(-c8ccccc8)c7ccc65)cc4)cc3)n2)cc1. The van der Waals surface area contributed by atoms with Gasteiger partial charge in [-0.15, -0.1) is 0 Å². The Morgan fingerprint density at radius 3 is 1.18 bits per heavy atom. The fourth-order valence-corrected chi connectivity index (χ4v) is 8.36. The second kappa shape index (κ2) is 13.1. The van der Waals surface area contributed by atoms with Gasteiger partial charge in [0.15, 0.2) is 5.82 Å². The van der Waals surface area contributed by atoms with Crippen molar-refractivity contribution in [2.75, 3.05) is 0 Å². The van der Waals surface area contributed by atoms with Gasteiger partial charge in [0.2, 0.25) is 0 Å². The number of hydrogen-bond acceptors (Lipinski definition) is 2. The Labute approximate surface area is 324 Å². The minimum absolute atomic E-state index is 0.708. The molecule has 0 saturated carbocycles. The highest BCUT2D eigenvalue weighted by molar-refractivity contribution is 6.28. The van der Waals surface area contributed by atoms with Crippen molar-refractivity contribution in [2.24, 2.45) is 0 Å². The summed E-state index contributed by atoms with van der Waals surface area (Å²) >= 11 is 0. The van der Waals surface area contributed by atoms with Crippen LogP contribution < -0.4 is 0 Å². The summed E-state index contributed by atoms with van der Waals surface area (Å²) in [7, 11) is 0. The van der Waals surface area contributed by atoms with Gasteiger partial charge < -0.3 is 9.13 Å². The molecule has 11 aromatic rings. The monoisotopic (exact) mass is 714 g/mol. The molecule has 0 spiro atoms. The van der Waals surface area contributed by atoms with Crippen LogP contribution in [-0.2, 0) is 0 Å². The van der Waals surface area contributed by atoms with Crippen LogP contribution in [0.1, 0.15) is 0 Å². The zero-order chi connectivity index (χ0) is 37.0. The van der Waals surface area contributed by atoms with Crippen LogP contribution in [0.3, 0.4) is 0 Å². The van der Waals surface area contributed by atoms with Crippen molar-refractivity contribution in [3.05, 3.63) is 206 Å². The fourth-order valence-electron chi connectivity index (χ4n) is 8.36. The standard InChI is InChI=1S/C52H34N4/c1-4-14-37(15-5-1)44-34-45(38-16-6-2-7-17-38)54-52(53-44)39-26-24-35(25-27-39)36-28-30-41(31-29-36)56-47-23-13-11-21-43(47)51-49(56)33-32-48-50(51)42-20-10-12-22-46(42)55(48)40-18-8-3-9-19-40/h1-34H. The maximum Gasteiger partial charge on any atom is 0.160 e. The van der Waals surface area contributed by atoms with Gasteiger partial charge in [-0.25, -0.2) is 9.97 Å². The van der Waals surface area contributed by atoms with E-state index in [1.807, 2.05) is 36.4 Å². The van der Waals surface area contributed by atoms with Gasteiger partial charge in [-0.3, -0.25) is 0 Å². The third-order valence-corrected chi connectivity index (χ3v) is 11.0. The van der Waals surface area contributed by atoms with Gasteiger partial charge in [-0.2, -0.15) is 0 Å². The molecule has 0 unspecified atom stereocenters. The van der Waals surface area contributed by atoms with Crippen LogP contribution >= 0.6 is 0 Å². The number of nitrogens with zero attached hydrogens (tertiary/aromatic N) is 4. The van der Waals surface area contributed by atoms with Gasteiger partial charge in [0.1, 0.15) is 0 Å². The second-order valence-electron chi connectivity index (χ2n) is 14.2. The third kappa shape index (κ3) is 5.23. The van der Waals surface area contributed by atoms with Crippen molar-refractivity contribution in [3.63, 3.8) is 0 Å². The van der Waals surface area contributed by atoms with Crippen LogP contribution in [0.5, 0.6) is 0 Å². The predicted octanol–water partition coefficient (Wildman–Crippen LogP) is 13.3. The highest BCUT2D eigenvalue weighted by atomic mass is 15.0. The zero-order valence-electron chi connectivity index (χ0n) is 30.4. The van der Waals surface area contributed by atoms with Gasteiger partial charge in [0.25, 0.3) is 0 Å². The zero-order valence-corrected chi connectivity index (χ0v) is 30.4. The van der Waals surface area contributed by atoms with Crippen LogP contribution in [0.15, 0.2) is 206 Å². The lowest BCUT2D eigenvalue weighted by molar-refractivity contribution is 1.17. The molecule has 4 heteroatoms. The molecule has 56 heavy (non-hydrogen) atoms. The second-order valence-corrected chi connectivity index (χ2v) is 14.2. The molecular weight excluding hydrogens is 681 g/mol. The van der Waals surface area contributed by atoms with Crippen LogP contribution in [0, 0.1) is 0 Å². The summed E-state index contributed by atoms with van der Waals surface area (Å²) in [5.41, 5.74) is 14.3. The Balaban J connectivity index is 0.990. The number of aromatic nitrogens is 4. The molecule has 0 fully saturated rings. The summed E-state index contributed by atoms with van der Waals surface area (Å²) in [4.78, 5) is 10.1. The molecule has 0 bridgehead atoms. The summed E-state index contributed by atoms with van der Waals surface area (Å²) in [6.07, 6.45) is 0. The highest BCUT2D eigenvalue weighted by Crippen LogP contribution is 2.42. The molecule has 3 heterocycles. The maximum absolute atomic E-state index is 5.03. The summed E-state index contributed by atoms with van der Waals surface area (Å²) in [6, 6.07) is 73.1. The van der Waals surface area contributed by atoms with Crippen LogP contribution in [0.25, 0.3) is 100 Å². The molecule has 0 aliphatic heterocycles. The largest absolute Gasteiger partial charge is 0.309 e. The lowest BCUT2D eigenvalue weighted by Crippen LogP contribution is -1.96. The highest BCUT2D eigenvalue weighted by Gasteiger charge is 2.20. The number of hydrogen-bond donors (Lipinski definition) is 0. The third-order valence-electron chi connectivity index (χ3n) is 11.0. The van der Waals surface area contributed by atoms with E-state index in [-0.39, 0.29) is 0 Å². The summed E-state index contributed by atoms with van der Waals surface area (Å²) < 4.78 is 4.80. The maximum atomic E-state index is 5.03. The van der Waals surface area contributed by atoms with E-state index in [1.165, 1.54) is 43.6 Å². The quantitative estimate of drug-likeness (QED) is 0.172. The lowest BCUT2D eigenvalue weighted by Gasteiger charge is -2.11. The Bertz CT molecular complexity index is 3140. The molecule has 8 aromatic carbocycles. The minimum atomic E-state index is 0.708.